The van der Waals surface area contributed by atoms with Gasteiger partial charge in [-0.05, 0) is 6.42 Å². The Morgan fingerprint density at radius 2 is 1.00 bits per heavy atom. The Labute approximate surface area is 185 Å². The summed E-state index contributed by atoms with van der Waals surface area (Å²) in [6.07, 6.45) is 13.4. The number of aliphatic hydroxyl groups is 4. The molecule has 13 heteroatoms. The SMILES string of the molecule is CCCCCCCCCCCCCC(O)C(CO)(CO)CO.O=P(O)(O)OP(=O)(O)O. The van der Waals surface area contributed by atoms with Crippen molar-refractivity contribution in [3.05, 3.63) is 0 Å². The summed E-state index contributed by atoms with van der Waals surface area (Å²) in [7, 11) is -10.1. The van der Waals surface area contributed by atoms with E-state index in [0.29, 0.717) is 6.42 Å². The second-order valence-electron chi connectivity index (χ2n) is 7.74. The molecule has 0 saturated heterocycles. The molecule has 0 spiro atoms. The van der Waals surface area contributed by atoms with Gasteiger partial charge in [-0.3, -0.25) is 0 Å². The maximum atomic E-state index is 10.0. The molecule has 0 fully saturated rings. The number of hydrogen-bond acceptors (Lipinski definition) is 7. The third-order valence-electron chi connectivity index (χ3n) is 4.95. The van der Waals surface area contributed by atoms with Crippen molar-refractivity contribution in [2.24, 2.45) is 5.41 Å². The molecule has 0 aromatic rings. The van der Waals surface area contributed by atoms with Crippen molar-refractivity contribution in [1.82, 2.24) is 0 Å². The highest BCUT2D eigenvalue weighted by Gasteiger charge is 2.36. The standard InChI is InChI=1S/C18H38O4.H4O7P2/c1-2-3-4-5-6-7-8-9-10-11-12-13-17(22)18(14-19,15-20)16-21;1-8(2,3)7-9(4,5)6/h17,19-22H,2-16H2,1H3;(H2,1,2,3)(H2,4,5,6). The fraction of sp³-hybridized carbons (Fsp3) is 1.00. The van der Waals surface area contributed by atoms with Gasteiger partial charge in [-0.1, -0.05) is 77.6 Å². The van der Waals surface area contributed by atoms with Gasteiger partial charge in [0.2, 0.25) is 0 Å². The topological polar surface area (TPSA) is 205 Å². The first kappa shape index (κ1) is 33.3. The van der Waals surface area contributed by atoms with Gasteiger partial charge in [0.25, 0.3) is 0 Å². The van der Waals surface area contributed by atoms with Crippen molar-refractivity contribution >= 4 is 15.6 Å². The van der Waals surface area contributed by atoms with Gasteiger partial charge in [-0.15, -0.1) is 0 Å². The van der Waals surface area contributed by atoms with Crippen LogP contribution in [-0.4, -0.2) is 65.9 Å². The zero-order valence-corrected chi connectivity index (χ0v) is 20.2. The largest absolute Gasteiger partial charge is 0.478 e. The van der Waals surface area contributed by atoms with E-state index in [4.69, 9.17) is 19.6 Å². The monoisotopic (exact) mass is 496 g/mol. The highest BCUT2D eigenvalue weighted by Crippen LogP contribution is 2.53. The lowest BCUT2D eigenvalue weighted by Crippen LogP contribution is -2.45. The van der Waals surface area contributed by atoms with Crippen molar-refractivity contribution < 1.29 is 53.4 Å². The summed E-state index contributed by atoms with van der Waals surface area (Å²) in [4.78, 5) is 31.0. The van der Waals surface area contributed by atoms with E-state index in [-0.39, 0.29) is 19.8 Å². The van der Waals surface area contributed by atoms with Gasteiger partial charge in [0.15, 0.2) is 0 Å². The van der Waals surface area contributed by atoms with Crippen LogP contribution in [0.2, 0.25) is 0 Å². The average Bonchev–Trinajstić information content (AvgIpc) is 2.65. The summed E-state index contributed by atoms with van der Waals surface area (Å²) in [5.41, 5.74) is -1.15. The molecule has 0 aliphatic carbocycles. The van der Waals surface area contributed by atoms with E-state index in [1.54, 1.807) is 0 Å². The van der Waals surface area contributed by atoms with Gasteiger partial charge < -0.3 is 40.0 Å². The number of hydrogen-bond donors (Lipinski definition) is 8. The molecule has 0 aliphatic rings. The first-order valence-electron chi connectivity index (χ1n) is 10.7. The van der Waals surface area contributed by atoms with E-state index < -0.39 is 27.2 Å². The van der Waals surface area contributed by atoms with Gasteiger partial charge in [-0.2, -0.15) is 4.31 Å². The third-order valence-corrected chi connectivity index (χ3v) is 6.65. The highest BCUT2D eigenvalue weighted by molar-refractivity contribution is 7.60. The number of phosphoric acid groups is 2. The number of rotatable bonds is 18. The van der Waals surface area contributed by atoms with E-state index >= 15 is 0 Å². The van der Waals surface area contributed by atoms with E-state index in [1.807, 2.05) is 0 Å². The number of aliphatic hydroxyl groups excluding tert-OH is 4. The normalized spacial score (nSPS) is 13.6. The van der Waals surface area contributed by atoms with Crippen LogP contribution in [0, 0.1) is 5.41 Å². The minimum absolute atomic E-state index is 0.390. The molecule has 31 heavy (non-hydrogen) atoms. The smallest absolute Gasteiger partial charge is 0.396 e. The Morgan fingerprint density at radius 3 is 1.26 bits per heavy atom. The molecule has 0 saturated carbocycles. The molecule has 0 amide bonds. The Balaban J connectivity index is 0. The minimum atomic E-state index is -5.05. The lowest BCUT2D eigenvalue weighted by molar-refractivity contribution is -0.0863. The molecule has 0 aromatic heterocycles. The van der Waals surface area contributed by atoms with Crippen LogP contribution >= 0.6 is 15.6 Å². The Morgan fingerprint density at radius 1 is 0.677 bits per heavy atom. The highest BCUT2D eigenvalue weighted by atomic mass is 31.3. The molecule has 0 radical (unpaired) electrons. The van der Waals surface area contributed by atoms with Crippen molar-refractivity contribution in [2.75, 3.05) is 19.8 Å². The molecule has 190 valence electrons. The molecule has 11 nitrogen and oxygen atoms in total. The van der Waals surface area contributed by atoms with Crippen LogP contribution in [0.1, 0.15) is 84.0 Å². The molecular formula is C18H42O11P2. The minimum Gasteiger partial charge on any atom is -0.396 e. The maximum Gasteiger partial charge on any atom is 0.478 e. The summed E-state index contributed by atoms with van der Waals surface area (Å²) >= 11 is 0. The summed E-state index contributed by atoms with van der Waals surface area (Å²) in [6, 6.07) is 0. The molecule has 1 unspecified atom stereocenters. The van der Waals surface area contributed by atoms with Gasteiger partial charge >= 0.3 is 15.6 Å². The van der Waals surface area contributed by atoms with E-state index in [2.05, 4.69) is 11.2 Å². The van der Waals surface area contributed by atoms with Crippen LogP contribution in [-0.2, 0) is 13.4 Å². The van der Waals surface area contributed by atoms with Crippen molar-refractivity contribution in [1.29, 1.82) is 0 Å². The molecule has 0 heterocycles. The third kappa shape index (κ3) is 20.4. The van der Waals surface area contributed by atoms with Gasteiger partial charge in [0, 0.05) is 0 Å². The van der Waals surface area contributed by atoms with Crippen molar-refractivity contribution in [2.45, 2.75) is 90.1 Å². The van der Waals surface area contributed by atoms with Crippen LogP contribution in [0.25, 0.3) is 0 Å². The Bertz CT molecular complexity index is 474. The first-order chi connectivity index (χ1) is 14.4. The van der Waals surface area contributed by atoms with Crippen LogP contribution in [0.4, 0.5) is 0 Å². The van der Waals surface area contributed by atoms with Gasteiger partial charge in [0.1, 0.15) is 0 Å². The molecule has 0 rings (SSSR count). The average molecular weight is 496 g/mol. The second kappa shape index (κ2) is 18.5. The van der Waals surface area contributed by atoms with E-state index in [9.17, 15) is 29.6 Å². The van der Waals surface area contributed by atoms with Crippen LogP contribution in [0.3, 0.4) is 0 Å². The molecule has 0 aromatic carbocycles. The Hall–Kier alpha value is 0.100. The van der Waals surface area contributed by atoms with Crippen molar-refractivity contribution in [3.63, 3.8) is 0 Å². The molecule has 0 aliphatic heterocycles. The lowest BCUT2D eigenvalue weighted by atomic mass is 9.82. The van der Waals surface area contributed by atoms with E-state index in [1.165, 1.54) is 57.8 Å². The summed E-state index contributed by atoms with van der Waals surface area (Å²) in [6.45, 7) is 1.07. The predicted molar refractivity (Wildman–Crippen MR) is 116 cm³/mol. The first-order valence-corrected chi connectivity index (χ1v) is 13.8. The van der Waals surface area contributed by atoms with Gasteiger partial charge in [-0.25, -0.2) is 9.13 Å². The fourth-order valence-electron chi connectivity index (χ4n) is 2.91. The zero-order valence-electron chi connectivity index (χ0n) is 18.4. The Kier molecular flexibility index (Phi) is 19.9. The summed E-state index contributed by atoms with van der Waals surface area (Å²) in [5, 5.41) is 37.8. The fourth-order valence-corrected chi connectivity index (χ4v) is 4.02. The second-order valence-corrected chi connectivity index (χ2v) is 10.4. The van der Waals surface area contributed by atoms with Crippen molar-refractivity contribution in [3.8, 4) is 0 Å². The quantitative estimate of drug-likeness (QED) is 0.102. The molecular weight excluding hydrogens is 454 g/mol. The van der Waals surface area contributed by atoms with Crippen LogP contribution in [0.5, 0.6) is 0 Å². The van der Waals surface area contributed by atoms with Crippen LogP contribution < -0.4 is 0 Å². The maximum absolute atomic E-state index is 10.0. The zero-order chi connectivity index (χ0) is 24.4. The molecule has 1 atom stereocenters. The number of unbranched alkanes of at least 4 members (excludes halogenated alkanes) is 10. The summed E-state index contributed by atoms with van der Waals surface area (Å²) < 4.78 is 22.2. The molecule has 8 N–H and O–H groups in total. The van der Waals surface area contributed by atoms with Crippen LogP contribution in [0.15, 0.2) is 0 Å². The van der Waals surface area contributed by atoms with E-state index in [0.717, 1.165) is 12.8 Å². The van der Waals surface area contributed by atoms with Gasteiger partial charge in [0.05, 0.1) is 31.3 Å². The predicted octanol–water partition coefficient (Wildman–Crippen LogP) is 2.20. The summed E-state index contributed by atoms with van der Waals surface area (Å²) in [5.74, 6) is 0. The molecule has 0 bridgehead atoms. The lowest BCUT2D eigenvalue weighted by Gasteiger charge is -2.32.